The van der Waals surface area contributed by atoms with E-state index in [1.807, 2.05) is 0 Å². The Morgan fingerprint density at radius 2 is 2.22 bits per heavy atom. The van der Waals surface area contributed by atoms with Gasteiger partial charge in [0.05, 0.1) is 0 Å². The Morgan fingerprint density at radius 1 is 1.33 bits per heavy atom. The van der Waals surface area contributed by atoms with Gasteiger partial charge in [0.2, 0.25) is 0 Å². The monoisotopic (exact) mass is 128 g/mol. The minimum atomic E-state index is 0. The molecule has 2 rings (SSSR count). The van der Waals surface area contributed by atoms with Crippen molar-refractivity contribution in [3.05, 3.63) is 29.6 Å². The number of hydrogen-bond acceptors (Lipinski definition) is 1. The first-order valence-corrected chi connectivity index (χ1v) is 3.44. The topological polar surface area (TPSA) is 0 Å². The maximum absolute atomic E-state index is 2.14. The summed E-state index contributed by atoms with van der Waals surface area (Å²) in [6.45, 7) is 0. The van der Waals surface area contributed by atoms with Gasteiger partial charge in [0.1, 0.15) is 0 Å². The van der Waals surface area contributed by atoms with Crippen LogP contribution in [-0.4, -0.2) is 0 Å². The van der Waals surface area contributed by atoms with Gasteiger partial charge in [0, 0.05) is 0 Å². The maximum Gasteiger partial charge on any atom is 1.00 e. The predicted octanol–water partition coefficient (Wildman–Crippen LogP) is -0.424. The molecule has 40 valence electrons. The zero-order chi connectivity index (χ0) is 5.40. The van der Waals surface area contributed by atoms with Crippen molar-refractivity contribution >= 4 is 11.3 Å². The normalized spacial score (nSPS) is 9.33. The molecule has 0 bridgehead atoms. The fourth-order valence-corrected chi connectivity index (χ4v) is 1.63. The molecule has 0 aromatic carbocycles. The van der Waals surface area contributed by atoms with E-state index in [4.69, 9.17) is 0 Å². The van der Waals surface area contributed by atoms with Crippen molar-refractivity contribution in [2.24, 2.45) is 0 Å². The third kappa shape index (κ3) is 1.09. The minimum Gasteiger partial charge on any atom is -0.291 e. The molecule has 0 amide bonds. The molecule has 0 aromatic heterocycles. The van der Waals surface area contributed by atoms with E-state index in [-0.39, 0.29) is 18.9 Å². The Hall–Kier alpha value is -0.0926. The second-order valence-corrected chi connectivity index (χ2v) is 2.71. The SMILES string of the molecule is [Li+].c1cc2c[cH-]sc-2c1. The van der Waals surface area contributed by atoms with Crippen LogP contribution < -0.4 is 18.9 Å². The molecule has 2 heteroatoms. The average molecular weight is 128 g/mol. The molecule has 1 aliphatic carbocycles. The van der Waals surface area contributed by atoms with Crippen LogP contribution >= 0.6 is 11.3 Å². The van der Waals surface area contributed by atoms with Gasteiger partial charge in [-0.3, -0.25) is 11.3 Å². The van der Waals surface area contributed by atoms with Gasteiger partial charge in [-0.15, -0.1) is 22.4 Å². The van der Waals surface area contributed by atoms with Crippen LogP contribution in [0.2, 0.25) is 0 Å². The number of hydrogen-bond donors (Lipinski definition) is 0. The van der Waals surface area contributed by atoms with Crippen molar-refractivity contribution in [1.29, 1.82) is 0 Å². The van der Waals surface area contributed by atoms with Gasteiger partial charge in [-0.1, -0.05) is 6.07 Å². The Bertz CT molecular complexity index is 200. The molecule has 0 saturated carbocycles. The largest absolute Gasteiger partial charge is 1.00 e. The standard InChI is InChI=1S/C7H5S.Li/c1-2-6-4-5-8-7(6)3-1;/h1-5H;/q-1;+1. The average Bonchev–Trinajstić information content (AvgIpc) is 2.15. The van der Waals surface area contributed by atoms with E-state index >= 15 is 0 Å². The Kier molecular flexibility index (Phi) is 2.08. The summed E-state index contributed by atoms with van der Waals surface area (Å²) in [4.78, 5) is 1.39. The van der Waals surface area contributed by atoms with Crippen LogP contribution in [0.5, 0.6) is 0 Å². The molecule has 0 nitrogen and oxygen atoms in total. The van der Waals surface area contributed by atoms with Crippen molar-refractivity contribution in [2.45, 2.75) is 0 Å². The molecule has 0 aromatic rings. The van der Waals surface area contributed by atoms with E-state index in [0.717, 1.165) is 0 Å². The first-order valence-electron chi connectivity index (χ1n) is 2.56. The second-order valence-electron chi connectivity index (χ2n) is 1.77. The second kappa shape index (κ2) is 2.66. The fourth-order valence-electron chi connectivity index (χ4n) is 0.843. The zero-order valence-electron chi connectivity index (χ0n) is 5.29. The molecule has 0 unspecified atom stereocenters. The van der Waals surface area contributed by atoms with Crippen molar-refractivity contribution < 1.29 is 18.9 Å². The van der Waals surface area contributed by atoms with E-state index in [2.05, 4.69) is 29.6 Å². The van der Waals surface area contributed by atoms with E-state index in [1.54, 1.807) is 11.3 Å². The van der Waals surface area contributed by atoms with Crippen molar-refractivity contribution in [2.75, 3.05) is 0 Å². The fraction of sp³-hybridized carbons (Fsp3) is 0. The molecule has 0 spiro atoms. The van der Waals surface area contributed by atoms with E-state index in [9.17, 15) is 0 Å². The molecule has 0 atom stereocenters. The van der Waals surface area contributed by atoms with Gasteiger partial charge in [0.15, 0.2) is 0 Å². The number of rotatable bonds is 0. The summed E-state index contributed by atoms with van der Waals surface area (Å²) in [5.74, 6) is 0. The van der Waals surface area contributed by atoms with E-state index in [1.165, 1.54) is 10.4 Å². The zero-order valence-corrected chi connectivity index (χ0v) is 6.11. The van der Waals surface area contributed by atoms with Crippen molar-refractivity contribution in [3.63, 3.8) is 0 Å². The Morgan fingerprint density at radius 3 is 3.00 bits per heavy atom. The maximum atomic E-state index is 2.14. The van der Waals surface area contributed by atoms with E-state index in [0.29, 0.717) is 0 Å². The molecular weight excluding hydrogens is 123 g/mol. The number of fused-ring (bicyclic) bond motifs is 1. The summed E-state index contributed by atoms with van der Waals surface area (Å²) < 4.78 is 0. The molecule has 0 radical (unpaired) electrons. The summed E-state index contributed by atoms with van der Waals surface area (Å²) in [5, 5.41) is 2.12. The minimum absolute atomic E-state index is 0. The predicted molar refractivity (Wildman–Crippen MR) is 36.5 cm³/mol. The van der Waals surface area contributed by atoms with Crippen LogP contribution in [0.25, 0.3) is 10.4 Å². The van der Waals surface area contributed by atoms with Crippen LogP contribution in [0.3, 0.4) is 0 Å². The van der Waals surface area contributed by atoms with Crippen LogP contribution in [-0.2, 0) is 0 Å². The summed E-state index contributed by atoms with van der Waals surface area (Å²) in [6.07, 6.45) is 0. The van der Waals surface area contributed by atoms with Crippen molar-refractivity contribution in [1.82, 2.24) is 0 Å². The van der Waals surface area contributed by atoms with E-state index < -0.39 is 0 Å². The molecule has 0 saturated heterocycles. The van der Waals surface area contributed by atoms with Crippen LogP contribution in [0.4, 0.5) is 0 Å². The molecule has 1 heterocycles. The summed E-state index contributed by atoms with van der Waals surface area (Å²) in [7, 11) is 0. The first-order chi connectivity index (χ1) is 3.97. The smallest absolute Gasteiger partial charge is 0.291 e. The van der Waals surface area contributed by atoms with Crippen LogP contribution in [0, 0.1) is 0 Å². The Labute approximate surface area is 70.4 Å². The van der Waals surface area contributed by atoms with Gasteiger partial charge >= 0.3 is 18.9 Å². The van der Waals surface area contributed by atoms with Gasteiger partial charge in [-0.25, -0.2) is 0 Å². The first kappa shape index (κ1) is 7.02. The third-order valence-corrected chi connectivity index (χ3v) is 2.15. The molecule has 0 fully saturated rings. The quantitative estimate of drug-likeness (QED) is 0.334. The van der Waals surface area contributed by atoms with Gasteiger partial charge < -0.3 is 0 Å². The third-order valence-electron chi connectivity index (χ3n) is 1.25. The molecule has 9 heavy (non-hydrogen) atoms. The van der Waals surface area contributed by atoms with Gasteiger partial charge in [-0.05, 0) is 0 Å². The van der Waals surface area contributed by atoms with Crippen molar-refractivity contribution in [3.8, 4) is 10.4 Å². The Balaban J connectivity index is 0.000000405. The molecular formula is C7H5LiS. The summed E-state index contributed by atoms with van der Waals surface area (Å²) in [5.41, 5.74) is 1.37. The molecule has 1 aliphatic heterocycles. The summed E-state index contributed by atoms with van der Waals surface area (Å²) >= 11 is 1.79. The molecule has 0 N–H and O–H groups in total. The molecule has 2 aliphatic rings. The van der Waals surface area contributed by atoms with Gasteiger partial charge in [0.25, 0.3) is 0 Å². The number of thiophene rings is 1. The van der Waals surface area contributed by atoms with Gasteiger partial charge in [-0.2, -0.15) is 11.6 Å². The summed E-state index contributed by atoms with van der Waals surface area (Å²) in [6, 6.07) is 8.49. The van der Waals surface area contributed by atoms with Crippen LogP contribution in [0.15, 0.2) is 29.6 Å². The van der Waals surface area contributed by atoms with Crippen LogP contribution in [0.1, 0.15) is 0 Å².